The molecule has 0 amide bonds. The maximum Gasteiger partial charge on any atom is 0.267 e. The first-order chi connectivity index (χ1) is 12.1. The Balaban J connectivity index is 1.43. The van der Waals surface area contributed by atoms with Crippen LogP contribution in [0.3, 0.4) is 0 Å². The number of nitrogens with one attached hydrogen (secondary N) is 1. The number of hydrogen-bond acceptors (Lipinski definition) is 6. The molecule has 4 rings (SSSR count). The third-order valence-electron chi connectivity index (χ3n) is 4.77. The van der Waals surface area contributed by atoms with Gasteiger partial charge in [0, 0.05) is 12.1 Å². The highest BCUT2D eigenvalue weighted by Gasteiger charge is 2.24. The van der Waals surface area contributed by atoms with Crippen LogP contribution in [0, 0.1) is 13.8 Å². The number of aromatic nitrogens is 6. The Labute approximate surface area is 144 Å². The highest BCUT2D eigenvalue weighted by molar-refractivity contribution is 5.44. The standard InChI is InChI=1S/C17H21N7O/c1-11-3-10-17(25)24(21-11)14-6-4-13(5-7-14)18-15-8-9-16-20-19-12(2)23(16)22-15/h3,8-10,13-14H,4-7H2,1-2H3,(H,18,22). The molecule has 0 radical (unpaired) electrons. The van der Waals surface area contributed by atoms with Crippen LogP contribution in [0.2, 0.25) is 0 Å². The molecule has 25 heavy (non-hydrogen) atoms. The fourth-order valence-electron chi connectivity index (χ4n) is 3.43. The zero-order chi connectivity index (χ0) is 17.4. The van der Waals surface area contributed by atoms with Crippen LogP contribution in [0.5, 0.6) is 0 Å². The molecule has 8 heteroatoms. The van der Waals surface area contributed by atoms with E-state index in [4.69, 9.17) is 0 Å². The second kappa shape index (κ2) is 6.27. The predicted octanol–water partition coefficient (Wildman–Crippen LogP) is 1.89. The highest BCUT2D eigenvalue weighted by Crippen LogP contribution is 2.28. The molecular formula is C17H21N7O. The van der Waals surface area contributed by atoms with E-state index in [9.17, 15) is 4.79 Å². The van der Waals surface area contributed by atoms with E-state index in [0.717, 1.165) is 48.7 Å². The van der Waals surface area contributed by atoms with Gasteiger partial charge in [-0.25, -0.2) is 4.68 Å². The summed E-state index contributed by atoms with van der Waals surface area (Å²) in [4.78, 5) is 12.0. The van der Waals surface area contributed by atoms with Gasteiger partial charge in [-0.3, -0.25) is 4.79 Å². The summed E-state index contributed by atoms with van der Waals surface area (Å²) in [5, 5.41) is 20.5. The van der Waals surface area contributed by atoms with Crippen LogP contribution >= 0.6 is 0 Å². The lowest BCUT2D eigenvalue weighted by molar-refractivity contribution is 0.302. The lowest BCUT2D eigenvalue weighted by atomic mass is 9.91. The van der Waals surface area contributed by atoms with Gasteiger partial charge in [0.2, 0.25) is 0 Å². The van der Waals surface area contributed by atoms with Crippen molar-refractivity contribution in [2.45, 2.75) is 51.6 Å². The molecule has 1 fully saturated rings. The number of hydrogen-bond donors (Lipinski definition) is 1. The minimum atomic E-state index is -0.0165. The smallest absolute Gasteiger partial charge is 0.267 e. The number of rotatable bonds is 3. The summed E-state index contributed by atoms with van der Waals surface area (Å²) in [5.41, 5.74) is 1.61. The molecule has 8 nitrogen and oxygen atoms in total. The normalized spacial score (nSPS) is 20.7. The van der Waals surface area contributed by atoms with E-state index in [0.29, 0.717) is 6.04 Å². The quantitative estimate of drug-likeness (QED) is 0.784. The Hall–Kier alpha value is -2.77. The van der Waals surface area contributed by atoms with Gasteiger partial charge >= 0.3 is 0 Å². The SMILES string of the molecule is Cc1ccc(=O)n(C2CCC(Nc3ccc4nnc(C)n4n3)CC2)n1. The molecule has 3 aromatic heterocycles. The first kappa shape index (κ1) is 15.7. The molecule has 1 saturated carbocycles. The summed E-state index contributed by atoms with van der Waals surface area (Å²) in [6.07, 6.45) is 3.82. The fraction of sp³-hybridized carbons (Fsp3) is 0.471. The number of nitrogens with zero attached hydrogens (tertiary/aromatic N) is 6. The van der Waals surface area contributed by atoms with E-state index in [1.165, 1.54) is 0 Å². The Bertz CT molecular complexity index is 953. The molecule has 3 heterocycles. The van der Waals surface area contributed by atoms with Crippen molar-refractivity contribution < 1.29 is 0 Å². The van der Waals surface area contributed by atoms with Crippen molar-refractivity contribution in [3.63, 3.8) is 0 Å². The van der Waals surface area contributed by atoms with Crippen molar-refractivity contribution >= 4 is 11.5 Å². The molecule has 1 N–H and O–H groups in total. The molecule has 0 atom stereocenters. The summed E-state index contributed by atoms with van der Waals surface area (Å²) < 4.78 is 3.39. The topological polar surface area (TPSA) is 90.0 Å². The molecule has 1 aliphatic carbocycles. The molecular weight excluding hydrogens is 318 g/mol. The van der Waals surface area contributed by atoms with Gasteiger partial charge in [0.05, 0.1) is 11.7 Å². The first-order valence-corrected chi connectivity index (χ1v) is 8.62. The third-order valence-corrected chi connectivity index (χ3v) is 4.77. The minimum Gasteiger partial charge on any atom is -0.366 e. The summed E-state index contributed by atoms with van der Waals surface area (Å²) in [5.74, 6) is 1.59. The van der Waals surface area contributed by atoms with E-state index in [1.807, 2.05) is 26.0 Å². The van der Waals surface area contributed by atoms with Gasteiger partial charge in [-0.1, -0.05) is 0 Å². The van der Waals surface area contributed by atoms with Crippen molar-refractivity contribution in [1.82, 2.24) is 29.6 Å². The van der Waals surface area contributed by atoms with E-state index in [2.05, 4.69) is 25.7 Å². The molecule has 0 bridgehead atoms. The van der Waals surface area contributed by atoms with Crippen LogP contribution in [-0.2, 0) is 0 Å². The van der Waals surface area contributed by atoms with Crippen molar-refractivity contribution in [2.24, 2.45) is 0 Å². The summed E-state index contributed by atoms with van der Waals surface area (Å²) in [6.45, 7) is 3.80. The van der Waals surface area contributed by atoms with Crippen molar-refractivity contribution in [1.29, 1.82) is 0 Å². The van der Waals surface area contributed by atoms with Crippen molar-refractivity contribution in [3.05, 3.63) is 46.1 Å². The second-order valence-electron chi connectivity index (χ2n) is 6.64. The van der Waals surface area contributed by atoms with Crippen LogP contribution in [0.25, 0.3) is 5.65 Å². The van der Waals surface area contributed by atoms with Crippen molar-refractivity contribution in [3.8, 4) is 0 Å². The monoisotopic (exact) mass is 339 g/mol. The minimum absolute atomic E-state index is 0.0165. The Morgan fingerprint density at radius 2 is 1.80 bits per heavy atom. The van der Waals surface area contributed by atoms with Crippen LogP contribution in [0.4, 0.5) is 5.82 Å². The lowest BCUT2D eigenvalue weighted by Crippen LogP contribution is -2.33. The number of aryl methyl sites for hydroxylation is 2. The largest absolute Gasteiger partial charge is 0.366 e. The molecule has 0 saturated heterocycles. The molecule has 3 aromatic rings. The Kier molecular flexibility index (Phi) is 3.95. The van der Waals surface area contributed by atoms with Gasteiger partial charge in [-0.05, 0) is 57.7 Å². The molecule has 0 spiro atoms. The maximum atomic E-state index is 12.0. The van der Waals surface area contributed by atoms with Gasteiger partial charge in [0.1, 0.15) is 5.82 Å². The lowest BCUT2D eigenvalue weighted by Gasteiger charge is -2.29. The second-order valence-corrected chi connectivity index (χ2v) is 6.64. The van der Waals surface area contributed by atoms with E-state index < -0.39 is 0 Å². The Morgan fingerprint density at radius 3 is 2.60 bits per heavy atom. The van der Waals surface area contributed by atoms with Gasteiger partial charge in [0.25, 0.3) is 5.56 Å². The zero-order valence-electron chi connectivity index (χ0n) is 14.4. The molecule has 130 valence electrons. The molecule has 1 aliphatic rings. The number of anilines is 1. The maximum absolute atomic E-state index is 12.0. The summed E-state index contributed by atoms with van der Waals surface area (Å²) >= 11 is 0. The molecule has 0 aromatic carbocycles. The van der Waals surface area contributed by atoms with Gasteiger partial charge < -0.3 is 5.32 Å². The van der Waals surface area contributed by atoms with Gasteiger partial charge in [-0.2, -0.15) is 9.61 Å². The average Bonchev–Trinajstić information content (AvgIpc) is 2.99. The molecule has 0 aliphatic heterocycles. The summed E-state index contributed by atoms with van der Waals surface area (Å²) in [6, 6.07) is 7.74. The fourth-order valence-corrected chi connectivity index (χ4v) is 3.43. The van der Waals surface area contributed by atoms with E-state index >= 15 is 0 Å². The van der Waals surface area contributed by atoms with E-state index in [-0.39, 0.29) is 11.6 Å². The zero-order valence-corrected chi connectivity index (χ0v) is 14.4. The Morgan fingerprint density at radius 1 is 1.00 bits per heavy atom. The highest BCUT2D eigenvalue weighted by atomic mass is 16.1. The average molecular weight is 339 g/mol. The van der Waals surface area contributed by atoms with Crippen molar-refractivity contribution in [2.75, 3.05) is 5.32 Å². The van der Waals surface area contributed by atoms with Crippen LogP contribution in [-0.4, -0.2) is 35.6 Å². The third kappa shape index (κ3) is 3.11. The van der Waals surface area contributed by atoms with E-state index in [1.54, 1.807) is 21.3 Å². The van der Waals surface area contributed by atoms with Crippen LogP contribution in [0.15, 0.2) is 29.1 Å². The summed E-state index contributed by atoms with van der Waals surface area (Å²) in [7, 11) is 0. The van der Waals surface area contributed by atoms with Gasteiger partial charge in [0.15, 0.2) is 11.5 Å². The predicted molar refractivity (Wildman–Crippen MR) is 93.7 cm³/mol. The number of fused-ring (bicyclic) bond motifs is 1. The van der Waals surface area contributed by atoms with Gasteiger partial charge in [-0.15, -0.1) is 15.3 Å². The first-order valence-electron chi connectivity index (χ1n) is 8.62. The van der Waals surface area contributed by atoms with Crippen LogP contribution in [0.1, 0.15) is 43.2 Å². The van der Waals surface area contributed by atoms with Crippen LogP contribution < -0.4 is 10.9 Å². The molecule has 0 unspecified atom stereocenters.